The molecule has 6 heteroatoms. The summed E-state index contributed by atoms with van der Waals surface area (Å²) in [6.07, 6.45) is 6.21. The molecule has 0 amide bonds. The average Bonchev–Trinajstić information content (AvgIpc) is 2.90. The highest BCUT2D eigenvalue weighted by Gasteiger charge is 2.25. The fraction of sp³-hybridized carbons (Fsp3) is 0.812. The number of hydrogen-bond acceptors (Lipinski definition) is 5. The normalized spacial score (nSPS) is 17.7. The van der Waals surface area contributed by atoms with E-state index in [9.17, 15) is 4.79 Å². The molecule has 0 spiro atoms. The highest BCUT2D eigenvalue weighted by atomic mass is 32.2. The summed E-state index contributed by atoms with van der Waals surface area (Å²) in [5.74, 6) is 1.42. The lowest BCUT2D eigenvalue weighted by molar-refractivity contribution is -0.146. The topological polar surface area (TPSA) is 57.0 Å². The number of nitrogens with zero attached hydrogens (tertiary/aromatic N) is 3. The minimum atomic E-state index is -0.267. The molecule has 1 fully saturated rings. The number of thioether (sulfide) groups is 1. The van der Waals surface area contributed by atoms with E-state index in [0.29, 0.717) is 5.92 Å². The Balaban J connectivity index is 2.08. The number of aromatic nitrogens is 3. The third-order valence-corrected chi connectivity index (χ3v) is 5.06. The standard InChI is InChI=1S/C16H27N3O2S/c1-5-19-14(13-9-7-6-8-10-13)17-18-16(19)22-12(4)15(20)21-11(2)3/h11-13H,5-10H2,1-4H3. The molecule has 1 aromatic heterocycles. The van der Waals surface area contributed by atoms with Gasteiger partial charge in [0.05, 0.1) is 6.10 Å². The van der Waals surface area contributed by atoms with Crippen LogP contribution >= 0.6 is 11.8 Å². The van der Waals surface area contributed by atoms with Crippen molar-refractivity contribution in [1.82, 2.24) is 14.8 Å². The van der Waals surface area contributed by atoms with Crippen molar-refractivity contribution in [1.29, 1.82) is 0 Å². The molecule has 1 atom stereocenters. The van der Waals surface area contributed by atoms with Gasteiger partial charge in [-0.25, -0.2) is 0 Å². The predicted octanol–water partition coefficient (Wildman–Crippen LogP) is 3.78. The van der Waals surface area contributed by atoms with Gasteiger partial charge in [0.25, 0.3) is 0 Å². The molecule has 0 saturated heterocycles. The second-order valence-corrected chi connectivity index (χ2v) is 7.47. The fourth-order valence-corrected chi connectivity index (χ4v) is 3.79. The van der Waals surface area contributed by atoms with Crippen molar-refractivity contribution in [3.05, 3.63) is 5.82 Å². The summed E-state index contributed by atoms with van der Waals surface area (Å²) in [6.45, 7) is 8.55. The first-order valence-corrected chi connectivity index (χ1v) is 9.21. The summed E-state index contributed by atoms with van der Waals surface area (Å²) in [6, 6.07) is 0. The van der Waals surface area contributed by atoms with E-state index < -0.39 is 0 Å². The second-order valence-electron chi connectivity index (χ2n) is 6.17. The molecule has 0 aromatic carbocycles. The quantitative estimate of drug-likeness (QED) is 0.588. The Kier molecular flexibility index (Phi) is 6.29. The van der Waals surface area contributed by atoms with Gasteiger partial charge in [0.1, 0.15) is 11.1 Å². The predicted molar refractivity (Wildman–Crippen MR) is 88.1 cm³/mol. The van der Waals surface area contributed by atoms with Crippen molar-refractivity contribution in [2.75, 3.05) is 0 Å². The van der Waals surface area contributed by atoms with Crippen LogP contribution in [0.3, 0.4) is 0 Å². The Labute approximate surface area is 137 Å². The van der Waals surface area contributed by atoms with Gasteiger partial charge in [0, 0.05) is 12.5 Å². The van der Waals surface area contributed by atoms with Crippen LogP contribution in [0.5, 0.6) is 0 Å². The highest BCUT2D eigenvalue weighted by molar-refractivity contribution is 8.00. The molecule has 0 bridgehead atoms. The summed E-state index contributed by atoms with van der Waals surface area (Å²) in [7, 11) is 0. The number of carbonyl (C=O) groups excluding carboxylic acids is 1. The van der Waals surface area contributed by atoms with Crippen LogP contribution in [0.25, 0.3) is 0 Å². The second kappa shape index (κ2) is 7.99. The smallest absolute Gasteiger partial charge is 0.319 e. The van der Waals surface area contributed by atoms with Crippen LogP contribution in [0.15, 0.2) is 5.16 Å². The summed E-state index contributed by atoms with van der Waals surface area (Å²) >= 11 is 1.44. The Morgan fingerprint density at radius 2 is 1.95 bits per heavy atom. The van der Waals surface area contributed by atoms with Crippen LogP contribution in [0.4, 0.5) is 0 Å². The molecule has 1 aliphatic rings. The summed E-state index contributed by atoms with van der Waals surface area (Å²) in [4.78, 5) is 12.0. The Morgan fingerprint density at radius 3 is 2.55 bits per heavy atom. The van der Waals surface area contributed by atoms with E-state index in [-0.39, 0.29) is 17.3 Å². The van der Waals surface area contributed by atoms with Crippen molar-refractivity contribution in [2.24, 2.45) is 0 Å². The minimum Gasteiger partial charge on any atom is -0.462 e. The zero-order valence-electron chi connectivity index (χ0n) is 14.0. The van der Waals surface area contributed by atoms with Gasteiger partial charge in [0.2, 0.25) is 0 Å². The molecule has 1 unspecified atom stereocenters. The summed E-state index contributed by atoms with van der Waals surface area (Å²) < 4.78 is 7.43. The molecule has 0 N–H and O–H groups in total. The maximum Gasteiger partial charge on any atom is 0.319 e. The molecule has 0 aliphatic heterocycles. The van der Waals surface area contributed by atoms with Crippen molar-refractivity contribution in [3.8, 4) is 0 Å². The lowest BCUT2D eigenvalue weighted by Crippen LogP contribution is -2.21. The summed E-state index contributed by atoms with van der Waals surface area (Å²) in [5, 5.41) is 9.32. The van der Waals surface area contributed by atoms with E-state index in [0.717, 1.165) is 17.5 Å². The van der Waals surface area contributed by atoms with Gasteiger partial charge in [-0.3, -0.25) is 4.79 Å². The maximum absolute atomic E-state index is 12.0. The fourth-order valence-electron chi connectivity index (χ4n) is 2.88. The van der Waals surface area contributed by atoms with Crippen LogP contribution in [0.1, 0.15) is 71.5 Å². The Hall–Kier alpha value is -1.04. The minimum absolute atomic E-state index is 0.0857. The van der Waals surface area contributed by atoms with Crippen molar-refractivity contribution in [2.45, 2.75) is 88.8 Å². The van der Waals surface area contributed by atoms with Crippen molar-refractivity contribution < 1.29 is 9.53 Å². The molecule has 1 heterocycles. The third kappa shape index (κ3) is 4.24. The first-order valence-electron chi connectivity index (χ1n) is 8.33. The monoisotopic (exact) mass is 325 g/mol. The van der Waals surface area contributed by atoms with E-state index in [4.69, 9.17) is 4.74 Å². The zero-order valence-corrected chi connectivity index (χ0v) is 14.9. The zero-order chi connectivity index (χ0) is 16.1. The van der Waals surface area contributed by atoms with Gasteiger partial charge in [-0.15, -0.1) is 10.2 Å². The molecule has 1 aliphatic carbocycles. The van der Waals surface area contributed by atoms with E-state index in [1.165, 1.54) is 43.9 Å². The van der Waals surface area contributed by atoms with Gasteiger partial charge in [-0.05, 0) is 40.5 Å². The van der Waals surface area contributed by atoms with E-state index in [1.807, 2.05) is 20.8 Å². The lowest BCUT2D eigenvalue weighted by Gasteiger charge is -2.21. The number of esters is 1. The number of hydrogen-bond donors (Lipinski definition) is 0. The van der Waals surface area contributed by atoms with Gasteiger partial charge < -0.3 is 9.30 Å². The largest absolute Gasteiger partial charge is 0.462 e. The van der Waals surface area contributed by atoms with Crippen LogP contribution < -0.4 is 0 Å². The number of ether oxygens (including phenoxy) is 1. The van der Waals surface area contributed by atoms with Gasteiger partial charge >= 0.3 is 5.97 Å². The molecule has 5 nitrogen and oxygen atoms in total. The first-order chi connectivity index (χ1) is 10.5. The third-order valence-electron chi connectivity index (χ3n) is 4.00. The van der Waals surface area contributed by atoms with Crippen LogP contribution in [0, 0.1) is 0 Å². The molecule has 124 valence electrons. The van der Waals surface area contributed by atoms with Crippen molar-refractivity contribution >= 4 is 17.7 Å². The highest BCUT2D eigenvalue weighted by Crippen LogP contribution is 2.34. The first kappa shape index (κ1) is 17.3. The van der Waals surface area contributed by atoms with Crippen LogP contribution in [0.2, 0.25) is 0 Å². The van der Waals surface area contributed by atoms with Crippen LogP contribution in [-0.2, 0) is 16.1 Å². The molecule has 1 saturated carbocycles. The molecule has 22 heavy (non-hydrogen) atoms. The van der Waals surface area contributed by atoms with Crippen LogP contribution in [-0.4, -0.2) is 32.1 Å². The lowest BCUT2D eigenvalue weighted by atomic mass is 9.89. The molecule has 0 radical (unpaired) electrons. The molecular formula is C16H27N3O2S. The average molecular weight is 325 g/mol. The molecule has 1 aromatic rings. The van der Waals surface area contributed by atoms with E-state index in [1.54, 1.807) is 0 Å². The van der Waals surface area contributed by atoms with Crippen molar-refractivity contribution in [3.63, 3.8) is 0 Å². The van der Waals surface area contributed by atoms with E-state index >= 15 is 0 Å². The Bertz CT molecular complexity index is 496. The number of carbonyl (C=O) groups is 1. The maximum atomic E-state index is 12.0. The molecule has 2 rings (SSSR count). The number of rotatable bonds is 6. The van der Waals surface area contributed by atoms with Gasteiger partial charge in [-0.1, -0.05) is 31.0 Å². The Morgan fingerprint density at radius 1 is 1.27 bits per heavy atom. The van der Waals surface area contributed by atoms with Gasteiger partial charge in [-0.2, -0.15) is 0 Å². The summed E-state index contributed by atoms with van der Waals surface area (Å²) in [5.41, 5.74) is 0. The molecular weight excluding hydrogens is 298 g/mol. The SMILES string of the molecule is CCn1c(SC(C)C(=O)OC(C)C)nnc1C1CCCCC1. The van der Waals surface area contributed by atoms with Gasteiger partial charge in [0.15, 0.2) is 5.16 Å². The van der Waals surface area contributed by atoms with E-state index in [2.05, 4.69) is 21.7 Å².